The number of hydrogen-bond donors (Lipinski definition) is 13. The highest BCUT2D eigenvalue weighted by molar-refractivity contribution is 5.82. The van der Waals surface area contributed by atoms with E-state index in [2.05, 4.69) is 16.7 Å². The summed E-state index contributed by atoms with van der Waals surface area (Å²) in [4.78, 5) is 40.4. The van der Waals surface area contributed by atoms with Crippen molar-refractivity contribution in [1.82, 2.24) is 10.6 Å². The van der Waals surface area contributed by atoms with Gasteiger partial charge in [0.2, 0.25) is 5.91 Å². The Balaban J connectivity index is 1.67. The van der Waals surface area contributed by atoms with Crippen LogP contribution in [0.4, 0.5) is 0 Å². The monoisotopic (exact) mass is 1190 g/mol. The minimum atomic E-state index is -2.31. The molecule has 3 heterocycles. The van der Waals surface area contributed by atoms with E-state index in [-0.39, 0.29) is 69.5 Å². The molecule has 13 N–H and O–H groups in total. The van der Waals surface area contributed by atoms with Gasteiger partial charge >= 0.3 is 5.97 Å². The molecule has 0 spiro atoms. The van der Waals surface area contributed by atoms with Crippen LogP contribution in [0.1, 0.15) is 124 Å². The van der Waals surface area contributed by atoms with Gasteiger partial charge in [-0.15, -0.1) is 0 Å². The molecule has 0 aromatic carbocycles. The third-order valence-corrected chi connectivity index (χ3v) is 16.1. The van der Waals surface area contributed by atoms with Crippen LogP contribution in [0.15, 0.2) is 96.7 Å². The van der Waals surface area contributed by atoms with E-state index in [1.807, 2.05) is 43.4 Å². The molecule has 2 fully saturated rings. The van der Waals surface area contributed by atoms with Gasteiger partial charge in [-0.05, 0) is 84.6 Å². The van der Waals surface area contributed by atoms with Crippen LogP contribution in [-0.2, 0) is 38.1 Å². The average Bonchev–Trinajstić information content (AvgIpc) is 3.71. The van der Waals surface area contributed by atoms with Crippen molar-refractivity contribution in [3.63, 3.8) is 0 Å². The molecular formula is C63H100N2O19. The Morgan fingerprint density at radius 1 is 0.714 bits per heavy atom. The van der Waals surface area contributed by atoms with Crippen molar-refractivity contribution in [1.29, 1.82) is 0 Å². The fraction of sp³-hybridized carbons (Fsp3) is 0.698. The summed E-state index contributed by atoms with van der Waals surface area (Å²) in [7, 11) is 1.73. The third kappa shape index (κ3) is 25.7. The number of amides is 1. The van der Waals surface area contributed by atoms with E-state index in [1.54, 1.807) is 69.5 Å². The zero-order valence-corrected chi connectivity index (χ0v) is 49.8. The van der Waals surface area contributed by atoms with Gasteiger partial charge in [-0.1, -0.05) is 111 Å². The van der Waals surface area contributed by atoms with Crippen LogP contribution < -0.4 is 10.6 Å². The summed E-state index contributed by atoms with van der Waals surface area (Å²) < 4.78 is 29.9. The van der Waals surface area contributed by atoms with E-state index >= 15 is 0 Å². The number of carbonyl (C=O) groups is 3. The highest BCUT2D eigenvalue weighted by atomic mass is 16.7. The van der Waals surface area contributed by atoms with Crippen molar-refractivity contribution in [3.8, 4) is 0 Å². The third-order valence-electron chi connectivity index (χ3n) is 16.1. The number of ketones is 1. The van der Waals surface area contributed by atoms with E-state index in [0.29, 0.717) is 25.8 Å². The van der Waals surface area contributed by atoms with Gasteiger partial charge in [0.1, 0.15) is 30.7 Å². The number of hydrogen-bond acceptors (Lipinski definition) is 20. The largest absolute Gasteiger partial charge is 0.462 e. The van der Waals surface area contributed by atoms with Crippen LogP contribution in [0.3, 0.4) is 0 Å². The van der Waals surface area contributed by atoms with Gasteiger partial charge in [0.25, 0.3) is 0 Å². The van der Waals surface area contributed by atoms with Gasteiger partial charge in [0.05, 0.1) is 86.0 Å². The maximum Gasteiger partial charge on any atom is 0.308 e. The highest BCUT2D eigenvalue weighted by Crippen LogP contribution is 2.40. The van der Waals surface area contributed by atoms with Crippen LogP contribution in [-0.4, -0.2) is 205 Å². The minimum absolute atomic E-state index is 0.0596. The molecule has 84 heavy (non-hydrogen) atoms. The van der Waals surface area contributed by atoms with E-state index in [4.69, 9.17) is 23.7 Å². The van der Waals surface area contributed by atoms with Crippen LogP contribution in [0.25, 0.3) is 0 Å². The number of nitrogens with one attached hydrogen (secondary N) is 2. The number of Topliss-reactive ketones (excluding diaryl/α,β-unsaturated/α-hetero) is 1. The molecule has 1 amide bonds. The van der Waals surface area contributed by atoms with E-state index in [0.717, 1.165) is 19.3 Å². The van der Waals surface area contributed by atoms with Crippen molar-refractivity contribution in [2.45, 2.75) is 221 Å². The summed E-state index contributed by atoms with van der Waals surface area (Å²) in [6.45, 7) is 7.19. The molecule has 2 saturated heterocycles. The molecule has 1 aliphatic carbocycles. The number of cyclic esters (lactones) is 1. The molecule has 3 unspecified atom stereocenters. The van der Waals surface area contributed by atoms with E-state index < -0.39 is 147 Å². The van der Waals surface area contributed by atoms with Crippen molar-refractivity contribution >= 4 is 17.7 Å². The SMILES string of the molecule is CNCCOCC(=O)NC1[C@H](O)C(O[C@H]2/C=C/C=C/C=C/C=C/C=C/C=C/C=C/[C@H](C)[C@@H](O)[C@@H](C)[C@H](C)OC(=O)C[C@H](O)C[C@H](O)CC[C@@H](O)[C@H](O)C[C@H](O)C[C@]3(O)C[C@H](O)[C@@H](C(=O)CC4CCC=C(CCCO)CC4)[C@H](C2)O3)O[C@@H](C)[C@H]1O. The molecule has 0 radical (unpaired) electrons. The minimum Gasteiger partial charge on any atom is -0.462 e. The smallest absolute Gasteiger partial charge is 0.308 e. The number of aliphatic hydroxyl groups is 11. The second-order valence-corrected chi connectivity index (χ2v) is 23.2. The van der Waals surface area contributed by atoms with Crippen LogP contribution in [0.5, 0.6) is 0 Å². The maximum atomic E-state index is 14.7. The highest BCUT2D eigenvalue weighted by Gasteiger charge is 2.51. The first-order valence-electron chi connectivity index (χ1n) is 30.1. The lowest BCUT2D eigenvalue weighted by atomic mass is 9.77. The number of esters is 1. The number of fused-ring (bicyclic) bond motifs is 2. The number of likely N-dealkylation sites (N-methyl/N-ethyl adjacent to an activating group) is 1. The Morgan fingerprint density at radius 2 is 1.37 bits per heavy atom. The second-order valence-electron chi connectivity index (χ2n) is 23.2. The van der Waals surface area contributed by atoms with Crippen molar-refractivity contribution in [2.75, 3.05) is 33.4 Å². The van der Waals surface area contributed by atoms with Crippen LogP contribution >= 0.6 is 0 Å². The van der Waals surface area contributed by atoms with Crippen LogP contribution in [0, 0.1) is 23.7 Å². The Kier molecular flexibility index (Phi) is 32.9. The number of allylic oxidation sites excluding steroid dienone is 14. The molecule has 0 aromatic rings. The summed E-state index contributed by atoms with van der Waals surface area (Å²) in [5, 5.41) is 128. The molecule has 2 bridgehead atoms. The summed E-state index contributed by atoms with van der Waals surface area (Å²) in [6.07, 6.45) is 10.2. The lowest BCUT2D eigenvalue weighted by molar-refractivity contribution is -0.307. The number of aliphatic hydroxyl groups excluding tert-OH is 10. The van der Waals surface area contributed by atoms with Gasteiger partial charge in [0, 0.05) is 57.1 Å². The topological polar surface area (TPSA) is 344 Å². The van der Waals surface area contributed by atoms with Gasteiger partial charge in [-0.2, -0.15) is 0 Å². The first-order valence-corrected chi connectivity index (χ1v) is 30.1. The molecule has 476 valence electrons. The second kappa shape index (κ2) is 38.2. The van der Waals surface area contributed by atoms with Crippen molar-refractivity contribution < 1.29 is 94.2 Å². The van der Waals surface area contributed by atoms with Crippen LogP contribution in [0.2, 0.25) is 0 Å². The Morgan fingerprint density at radius 3 is 2.02 bits per heavy atom. The zero-order valence-electron chi connectivity index (χ0n) is 49.8. The molecule has 4 rings (SSSR count). The van der Waals surface area contributed by atoms with Gasteiger partial charge in [-0.3, -0.25) is 14.4 Å². The van der Waals surface area contributed by atoms with Gasteiger partial charge in [0.15, 0.2) is 12.1 Å². The molecule has 20 atom stereocenters. The molecule has 4 aliphatic rings. The number of carbonyl (C=O) groups excluding carboxylic acids is 3. The quantitative estimate of drug-likeness (QED) is 0.0675. The Labute approximate surface area is 496 Å². The summed E-state index contributed by atoms with van der Waals surface area (Å²) in [5.74, 6) is -6.04. The lowest BCUT2D eigenvalue weighted by Crippen LogP contribution is -2.64. The summed E-state index contributed by atoms with van der Waals surface area (Å²) >= 11 is 0. The molecule has 0 aromatic heterocycles. The number of ether oxygens (including phenoxy) is 5. The lowest BCUT2D eigenvalue weighted by Gasteiger charge is -2.46. The van der Waals surface area contributed by atoms with E-state index in [1.165, 1.54) is 12.5 Å². The maximum absolute atomic E-state index is 14.7. The fourth-order valence-corrected chi connectivity index (χ4v) is 11.1. The molecule has 0 saturated carbocycles. The predicted octanol–water partition coefficient (Wildman–Crippen LogP) is 2.87. The first kappa shape index (κ1) is 72.4. The van der Waals surface area contributed by atoms with Gasteiger partial charge in [-0.25, -0.2) is 0 Å². The van der Waals surface area contributed by atoms with Gasteiger partial charge < -0.3 is 90.5 Å². The number of rotatable bonds is 14. The Bertz CT molecular complexity index is 2200. The summed E-state index contributed by atoms with van der Waals surface area (Å²) in [6, 6.07) is -1.28. The first-order chi connectivity index (χ1) is 40.0. The molecule has 21 nitrogen and oxygen atoms in total. The molecule has 3 aliphatic heterocycles. The molecular weight excluding hydrogens is 1090 g/mol. The fourth-order valence-electron chi connectivity index (χ4n) is 11.1. The Hall–Kier alpha value is -4.11. The predicted molar refractivity (Wildman–Crippen MR) is 314 cm³/mol. The normalized spacial score (nSPS) is 39.9. The van der Waals surface area contributed by atoms with Crippen molar-refractivity contribution in [2.24, 2.45) is 23.7 Å². The standard InChI is InChI=1S/C63H100N2O19/c1-40-20-16-14-12-10-8-6-7-9-11-13-15-17-24-49(83-62-61(78)58(60(77)43(4)82-62)65-55(74)39-80-31-29-64-5)36-54-57(52(72)32-45-22-18-21-44(25-26-45)23-19-30-66)53(73)38-63(79,84-54)37-48(69)34-51(71)50(70)28-27-46(67)33-47(68)35-56(75)81-42(3)41(2)59(40)76/h6-17,20-21,24,40-43,45-51,53-54,57-62,64,66-71,73,76-79H,18-19,22-23,25-39H2,1-5H3,(H,65,74)/b7-6+,10-8+,11-9+,14-12+,15-13+,20-16+,24-17+/t40-,41-,42-,43-,45?,46+,47+,48-,49-,50+,51+,53-,54-,57+,58?,59+,60+,61-,62?,63+/m0/s1. The average molecular weight is 1190 g/mol. The van der Waals surface area contributed by atoms with E-state index in [9.17, 15) is 70.6 Å². The molecule has 21 heteroatoms. The summed E-state index contributed by atoms with van der Waals surface area (Å²) in [5.41, 5.74) is 1.21. The van der Waals surface area contributed by atoms with Crippen molar-refractivity contribution in [3.05, 3.63) is 96.7 Å². The zero-order chi connectivity index (χ0) is 61.8.